The zero-order chi connectivity index (χ0) is 10.7. The number of aryl methyl sites for hydroxylation is 1. The van der Waals surface area contributed by atoms with E-state index in [0.717, 1.165) is 17.1 Å². The Morgan fingerprint density at radius 1 is 1.27 bits per heavy atom. The molecule has 1 aromatic heterocycles. The second kappa shape index (κ2) is 4.45. The molecule has 0 fully saturated rings. The summed E-state index contributed by atoms with van der Waals surface area (Å²) in [4.78, 5) is 7.30. The smallest absolute Gasteiger partial charge is 0.123 e. The molecule has 0 unspecified atom stereocenters. The van der Waals surface area contributed by atoms with Gasteiger partial charge in [0, 0.05) is 12.3 Å². The molecule has 78 valence electrons. The van der Waals surface area contributed by atoms with Crippen molar-refractivity contribution in [1.82, 2.24) is 9.97 Å². The minimum Gasteiger partial charge on any atom is -0.342 e. The van der Waals surface area contributed by atoms with Gasteiger partial charge in [0.1, 0.15) is 11.6 Å². The third kappa shape index (κ3) is 2.36. The summed E-state index contributed by atoms with van der Waals surface area (Å²) >= 11 is 5.60. The van der Waals surface area contributed by atoms with Gasteiger partial charge < -0.3 is 4.98 Å². The Balaban J connectivity index is 2.25. The van der Waals surface area contributed by atoms with E-state index in [1.54, 1.807) is 18.3 Å². The van der Waals surface area contributed by atoms with Crippen LogP contribution in [0.25, 0.3) is 11.3 Å². The summed E-state index contributed by atoms with van der Waals surface area (Å²) in [6, 6.07) is 6.29. The molecule has 0 aliphatic heterocycles. The number of hydrogen-bond donors (Lipinski definition) is 1. The first kappa shape index (κ1) is 10.2. The number of halogens is 2. The maximum absolute atomic E-state index is 12.7. The number of alkyl halides is 1. The molecule has 1 heterocycles. The van der Waals surface area contributed by atoms with E-state index >= 15 is 0 Å². The van der Waals surface area contributed by atoms with Crippen molar-refractivity contribution in [2.24, 2.45) is 0 Å². The van der Waals surface area contributed by atoms with Crippen LogP contribution in [0.2, 0.25) is 0 Å². The van der Waals surface area contributed by atoms with Crippen LogP contribution < -0.4 is 0 Å². The van der Waals surface area contributed by atoms with E-state index in [1.807, 2.05) is 0 Å². The lowest BCUT2D eigenvalue weighted by Gasteiger charge is -1.96. The fourth-order valence-corrected chi connectivity index (χ4v) is 1.53. The number of nitrogens with one attached hydrogen (secondary N) is 1. The van der Waals surface area contributed by atoms with Crippen molar-refractivity contribution in [2.75, 3.05) is 5.88 Å². The van der Waals surface area contributed by atoms with E-state index in [0.29, 0.717) is 12.3 Å². The normalized spacial score (nSPS) is 10.5. The Morgan fingerprint density at radius 2 is 2.00 bits per heavy atom. The van der Waals surface area contributed by atoms with Gasteiger partial charge in [-0.15, -0.1) is 11.6 Å². The second-order valence-electron chi connectivity index (χ2n) is 3.19. The topological polar surface area (TPSA) is 28.7 Å². The SMILES string of the molecule is Fc1ccc(-c2cnc(CCCl)[nH]2)cc1. The molecular weight excluding hydrogens is 215 g/mol. The molecular formula is C11H10ClFN2. The molecule has 1 aromatic carbocycles. The van der Waals surface area contributed by atoms with Crippen molar-refractivity contribution < 1.29 is 4.39 Å². The van der Waals surface area contributed by atoms with Gasteiger partial charge in [-0.2, -0.15) is 0 Å². The number of nitrogens with zero attached hydrogens (tertiary/aromatic N) is 1. The van der Waals surface area contributed by atoms with E-state index in [9.17, 15) is 4.39 Å². The van der Waals surface area contributed by atoms with Crippen molar-refractivity contribution in [2.45, 2.75) is 6.42 Å². The van der Waals surface area contributed by atoms with E-state index in [1.165, 1.54) is 12.1 Å². The number of aromatic nitrogens is 2. The molecule has 1 N–H and O–H groups in total. The molecule has 0 saturated heterocycles. The van der Waals surface area contributed by atoms with Gasteiger partial charge in [-0.1, -0.05) is 0 Å². The van der Waals surface area contributed by atoms with Crippen LogP contribution in [0, 0.1) is 5.82 Å². The van der Waals surface area contributed by atoms with Gasteiger partial charge in [-0.3, -0.25) is 0 Å². The molecule has 0 amide bonds. The zero-order valence-corrected chi connectivity index (χ0v) is 8.76. The molecule has 0 saturated carbocycles. The Morgan fingerprint density at radius 3 is 2.67 bits per heavy atom. The molecule has 2 aromatic rings. The third-order valence-electron chi connectivity index (χ3n) is 2.11. The van der Waals surface area contributed by atoms with E-state index in [-0.39, 0.29) is 5.82 Å². The summed E-state index contributed by atoms with van der Waals surface area (Å²) in [5.74, 6) is 1.15. The van der Waals surface area contributed by atoms with Crippen LogP contribution in [0.4, 0.5) is 4.39 Å². The molecule has 0 aliphatic rings. The largest absolute Gasteiger partial charge is 0.342 e. The summed E-state index contributed by atoms with van der Waals surface area (Å²) < 4.78 is 12.7. The molecule has 2 nitrogen and oxygen atoms in total. The highest BCUT2D eigenvalue weighted by Crippen LogP contribution is 2.17. The average molecular weight is 225 g/mol. The molecule has 15 heavy (non-hydrogen) atoms. The van der Waals surface area contributed by atoms with Gasteiger partial charge in [0.05, 0.1) is 11.9 Å². The first-order valence-electron chi connectivity index (χ1n) is 4.65. The number of rotatable bonds is 3. The Hall–Kier alpha value is -1.35. The van der Waals surface area contributed by atoms with Crippen molar-refractivity contribution in [1.29, 1.82) is 0 Å². The number of benzene rings is 1. The lowest BCUT2D eigenvalue weighted by atomic mass is 10.2. The molecule has 0 spiro atoms. The van der Waals surface area contributed by atoms with Crippen LogP contribution in [0.5, 0.6) is 0 Å². The Bertz CT molecular complexity index is 436. The number of imidazole rings is 1. The molecule has 0 atom stereocenters. The molecule has 4 heteroatoms. The maximum Gasteiger partial charge on any atom is 0.123 e. The highest BCUT2D eigenvalue weighted by Gasteiger charge is 2.02. The first-order chi connectivity index (χ1) is 7.29. The fourth-order valence-electron chi connectivity index (χ4n) is 1.36. The third-order valence-corrected chi connectivity index (χ3v) is 2.30. The van der Waals surface area contributed by atoms with E-state index in [2.05, 4.69) is 9.97 Å². The quantitative estimate of drug-likeness (QED) is 0.798. The number of hydrogen-bond acceptors (Lipinski definition) is 1. The fraction of sp³-hybridized carbons (Fsp3) is 0.182. The van der Waals surface area contributed by atoms with Crippen LogP contribution in [0.3, 0.4) is 0 Å². The van der Waals surface area contributed by atoms with Gasteiger partial charge in [0.25, 0.3) is 0 Å². The molecule has 0 radical (unpaired) electrons. The second-order valence-corrected chi connectivity index (χ2v) is 3.57. The van der Waals surface area contributed by atoms with Gasteiger partial charge in [0.2, 0.25) is 0 Å². The number of H-pyrrole nitrogens is 1. The number of aromatic amines is 1. The highest BCUT2D eigenvalue weighted by atomic mass is 35.5. The Kier molecular flexibility index (Phi) is 3.02. The molecule has 0 aliphatic carbocycles. The lowest BCUT2D eigenvalue weighted by molar-refractivity contribution is 0.628. The van der Waals surface area contributed by atoms with Crippen LogP contribution >= 0.6 is 11.6 Å². The maximum atomic E-state index is 12.7. The predicted molar refractivity (Wildman–Crippen MR) is 58.4 cm³/mol. The van der Waals surface area contributed by atoms with Crippen LogP contribution in [-0.2, 0) is 6.42 Å². The van der Waals surface area contributed by atoms with E-state index < -0.39 is 0 Å². The Labute approximate surface area is 92.1 Å². The first-order valence-corrected chi connectivity index (χ1v) is 5.19. The predicted octanol–water partition coefficient (Wildman–Crippen LogP) is 3.00. The van der Waals surface area contributed by atoms with Gasteiger partial charge in [-0.25, -0.2) is 9.37 Å². The van der Waals surface area contributed by atoms with Crippen molar-refractivity contribution >= 4 is 11.6 Å². The molecule has 0 bridgehead atoms. The summed E-state index contributed by atoms with van der Waals surface area (Å²) in [7, 11) is 0. The van der Waals surface area contributed by atoms with Crippen molar-refractivity contribution in [3.8, 4) is 11.3 Å². The standard InChI is InChI=1S/C11H10ClFN2/c12-6-5-11-14-7-10(15-11)8-1-3-9(13)4-2-8/h1-4,7H,5-6H2,(H,14,15). The van der Waals surface area contributed by atoms with Crippen molar-refractivity contribution in [3.63, 3.8) is 0 Å². The van der Waals surface area contributed by atoms with Gasteiger partial charge in [-0.05, 0) is 29.8 Å². The lowest BCUT2D eigenvalue weighted by Crippen LogP contribution is -1.88. The highest BCUT2D eigenvalue weighted by molar-refractivity contribution is 6.17. The summed E-state index contributed by atoms with van der Waals surface area (Å²) in [6.45, 7) is 0. The summed E-state index contributed by atoms with van der Waals surface area (Å²) in [6.07, 6.45) is 2.44. The van der Waals surface area contributed by atoms with Crippen LogP contribution in [0.15, 0.2) is 30.5 Å². The summed E-state index contributed by atoms with van der Waals surface area (Å²) in [5.41, 5.74) is 1.81. The zero-order valence-electron chi connectivity index (χ0n) is 8.00. The summed E-state index contributed by atoms with van der Waals surface area (Å²) in [5, 5.41) is 0. The van der Waals surface area contributed by atoms with Crippen molar-refractivity contribution in [3.05, 3.63) is 42.1 Å². The van der Waals surface area contributed by atoms with Gasteiger partial charge >= 0.3 is 0 Å². The van der Waals surface area contributed by atoms with Gasteiger partial charge in [0.15, 0.2) is 0 Å². The minimum atomic E-state index is -0.237. The van der Waals surface area contributed by atoms with Crippen LogP contribution in [-0.4, -0.2) is 15.8 Å². The molecule has 2 rings (SSSR count). The monoisotopic (exact) mass is 224 g/mol. The van der Waals surface area contributed by atoms with Crippen LogP contribution in [0.1, 0.15) is 5.82 Å². The van der Waals surface area contributed by atoms with E-state index in [4.69, 9.17) is 11.6 Å². The average Bonchev–Trinajstić information content (AvgIpc) is 2.68. The minimum absolute atomic E-state index is 0.237.